The van der Waals surface area contributed by atoms with Gasteiger partial charge in [0.15, 0.2) is 6.19 Å². The quantitative estimate of drug-likeness (QED) is 0.782. The summed E-state index contributed by atoms with van der Waals surface area (Å²) in [4.78, 5) is 16.3. The van der Waals surface area contributed by atoms with Crippen LogP contribution in [0.2, 0.25) is 0 Å². The van der Waals surface area contributed by atoms with Crippen LogP contribution in [0.1, 0.15) is 50.1 Å². The third-order valence-electron chi connectivity index (χ3n) is 6.10. The topological polar surface area (TPSA) is 84.5 Å². The van der Waals surface area contributed by atoms with Crippen LogP contribution in [-0.4, -0.2) is 51.3 Å². The number of benzene rings is 1. The fourth-order valence-corrected chi connectivity index (χ4v) is 4.76. The Balaban J connectivity index is 1.91. The second-order valence-electron chi connectivity index (χ2n) is 7.63. The third kappa shape index (κ3) is 2.95. The number of aliphatic hydroxyl groups excluding tert-OH is 1. The molecule has 7 nitrogen and oxygen atoms in total. The van der Waals surface area contributed by atoms with Gasteiger partial charge in [0.05, 0.1) is 23.4 Å². The first-order chi connectivity index (χ1) is 14.0. The van der Waals surface area contributed by atoms with Gasteiger partial charge in [-0.05, 0) is 50.0 Å². The number of fused-ring (bicyclic) bond motifs is 2. The van der Waals surface area contributed by atoms with Gasteiger partial charge in [0.25, 0.3) is 0 Å². The fourth-order valence-electron chi connectivity index (χ4n) is 4.76. The van der Waals surface area contributed by atoms with Gasteiger partial charge < -0.3 is 14.9 Å². The molecule has 0 spiro atoms. The Hall–Kier alpha value is -2.98. The number of aliphatic hydroxyl groups is 1. The van der Waals surface area contributed by atoms with E-state index >= 15 is 0 Å². The highest BCUT2D eigenvalue weighted by molar-refractivity contribution is 6.00. The smallest absolute Gasteiger partial charge is 0.336 e. The van der Waals surface area contributed by atoms with Crippen molar-refractivity contribution in [3.8, 4) is 6.19 Å². The Kier molecular flexibility index (Phi) is 4.97. The van der Waals surface area contributed by atoms with Gasteiger partial charge in [-0.15, -0.1) is 0 Å². The Morgan fingerprint density at radius 3 is 2.83 bits per heavy atom. The van der Waals surface area contributed by atoms with E-state index in [-0.39, 0.29) is 12.1 Å². The summed E-state index contributed by atoms with van der Waals surface area (Å²) in [7, 11) is 0. The van der Waals surface area contributed by atoms with Crippen molar-refractivity contribution in [2.24, 2.45) is 0 Å². The second-order valence-corrected chi connectivity index (χ2v) is 7.63. The SMILES string of the molecule is CCN(CC)C(=O)Nn1c(C(C)O)c2c3c(cccc31)C1=CCCN(C#N)[C@@H]1C2. The lowest BCUT2D eigenvalue weighted by Crippen LogP contribution is -2.39. The Labute approximate surface area is 170 Å². The summed E-state index contributed by atoms with van der Waals surface area (Å²) in [5, 5.41) is 21.3. The van der Waals surface area contributed by atoms with Crippen molar-refractivity contribution < 1.29 is 9.90 Å². The molecule has 7 heteroatoms. The summed E-state index contributed by atoms with van der Waals surface area (Å²) in [6.45, 7) is 7.53. The van der Waals surface area contributed by atoms with Gasteiger partial charge in [0, 0.05) is 31.4 Å². The van der Waals surface area contributed by atoms with E-state index in [1.54, 1.807) is 16.5 Å². The van der Waals surface area contributed by atoms with Crippen molar-refractivity contribution in [2.75, 3.05) is 25.1 Å². The molecule has 2 aliphatic rings. The third-order valence-corrected chi connectivity index (χ3v) is 6.10. The molecule has 1 aliphatic heterocycles. The molecule has 0 fully saturated rings. The molecule has 2 heterocycles. The Morgan fingerprint density at radius 1 is 1.41 bits per heavy atom. The number of nitrogens with one attached hydrogen (secondary N) is 1. The molecule has 1 aliphatic carbocycles. The first-order valence-corrected chi connectivity index (χ1v) is 10.3. The largest absolute Gasteiger partial charge is 0.387 e. The predicted molar refractivity (Wildman–Crippen MR) is 113 cm³/mol. The first kappa shape index (κ1) is 19.3. The summed E-state index contributed by atoms with van der Waals surface area (Å²) in [5.41, 5.74) is 7.83. The van der Waals surface area contributed by atoms with E-state index in [4.69, 9.17) is 0 Å². The molecule has 0 saturated heterocycles. The van der Waals surface area contributed by atoms with Crippen molar-refractivity contribution in [1.82, 2.24) is 14.5 Å². The fraction of sp³-hybridized carbons (Fsp3) is 0.455. The molecule has 2 atom stereocenters. The van der Waals surface area contributed by atoms with E-state index in [9.17, 15) is 15.2 Å². The van der Waals surface area contributed by atoms with Crippen LogP contribution in [0, 0.1) is 11.5 Å². The van der Waals surface area contributed by atoms with Crippen molar-refractivity contribution in [3.05, 3.63) is 41.1 Å². The number of urea groups is 1. The molecule has 2 aromatic rings. The molecular formula is C22H27N5O2. The lowest BCUT2D eigenvalue weighted by molar-refractivity contribution is 0.188. The van der Waals surface area contributed by atoms with Crippen LogP contribution in [0.4, 0.5) is 4.79 Å². The van der Waals surface area contributed by atoms with Gasteiger partial charge >= 0.3 is 6.03 Å². The normalized spacial score (nSPS) is 18.7. The summed E-state index contributed by atoms with van der Waals surface area (Å²) in [6.07, 6.45) is 5.28. The van der Waals surface area contributed by atoms with Crippen LogP contribution < -0.4 is 5.43 Å². The van der Waals surface area contributed by atoms with Crippen molar-refractivity contribution in [2.45, 2.75) is 45.8 Å². The van der Waals surface area contributed by atoms with Gasteiger partial charge in [-0.3, -0.25) is 4.68 Å². The molecule has 4 rings (SSSR count). The molecule has 1 unspecified atom stereocenters. The van der Waals surface area contributed by atoms with E-state index in [2.05, 4.69) is 23.8 Å². The van der Waals surface area contributed by atoms with E-state index in [1.807, 2.05) is 30.9 Å². The molecule has 0 saturated carbocycles. The first-order valence-electron chi connectivity index (χ1n) is 10.3. The molecule has 0 bridgehead atoms. The molecule has 29 heavy (non-hydrogen) atoms. The van der Waals surface area contributed by atoms with Crippen molar-refractivity contribution in [1.29, 1.82) is 5.26 Å². The van der Waals surface area contributed by atoms with Crippen LogP contribution in [-0.2, 0) is 6.42 Å². The highest BCUT2D eigenvalue weighted by Gasteiger charge is 2.36. The minimum atomic E-state index is -0.757. The standard InChI is InChI=1S/C22H27N5O2/c1-4-25(5-2)22(29)24-27-18-10-6-8-16-15-9-7-11-26(13-23)19(15)12-17(20(16)18)21(27)14(3)28/h6,8-10,14,19,28H,4-5,7,11-12H2,1-3H3,(H,24,29)/t14?,19-/m1/s1. The van der Waals surface area contributed by atoms with Crippen LogP contribution >= 0.6 is 0 Å². The molecule has 1 aromatic heterocycles. The zero-order valence-electron chi connectivity index (χ0n) is 17.1. The van der Waals surface area contributed by atoms with Gasteiger partial charge in [0.2, 0.25) is 0 Å². The molecule has 2 amide bonds. The van der Waals surface area contributed by atoms with Crippen molar-refractivity contribution >= 4 is 22.5 Å². The lowest BCUT2D eigenvalue weighted by Gasteiger charge is -2.36. The number of nitriles is 1. The summed E-state index contributed by atoms with van der Waals surface area (Å²) >= 11 is 0. The number of carbonyl (C=O) groups excluding carboxylic acids is 1. The van der Waals surface area contributed by atoms with Gasteiger partial charge in [-0.2, -0.15) is 5.26 Å². The highest BCUT2D eigenvalue weighted by Crippen LogP contribution is 2.43. The van der Waals surface area contributed by atoms with Crippen LogP contribution in [0.3, 0.4) is 0 Å². The molecule has 0 radical (unpaired) electrons. The average Bonchev–Trinajstić information content (AvgIpc) is 3.03. The molecule has 2 N–H and O–H groups in total. The monoisotopic (exact) mass is 393 g/mol. The number of hydrogen-bond acceptors (Lipinski definition) is 4. The molecule has 1 aromatic carbocycles. The highest BCUT2D eigenvalue weighted by atomic mass is 16.3. The predicted octanol–water partition coefficient (Wildman–Crippen LogP) is 3.19. The summed E-state index contributed by atoms with van der Waals surface area (Å²) in [6, 6.07) is 5.80. The molecular weight excluding hydrogens is 366 g/mol. The number of hydrogen-bond donors (Lipinski definition) is 2. The minimum absolute atomic E-state index is 0.0290. The maximum Gasteiger partial charge on any atom is 0.336 e. The maximum absolute atomic E-state index is 12.8. The van der Waals surface area contributed by atoms with E-state index in [1.165, 1.54) is 5.57 Å². The number of aromatic nitrogens is 1. The number of amides is 2. The van der Waals surface area contributed by atoms with Gasteiger partial charge in [0.1, 0.15) is 0 Å². The van der Waals surface area contributed by atoms with Gasteiger partial charge in [-0.25, -0.2) is 10.2 Å². The van der Waals surface area contributed by atoms with Crippen LogP contribution in [0.5, 0.6) is 0 Å². The Bertz CT molecular complexity index is 1030. The van der Waals surface area contributed by atoms with Crippen LogP contribution in [0.15, 0.2) is 24.3 Å². The average molecular weight is 393 g/mol. The van der Waals surface area contributed by atoms with E-state index in [0.717, 1.165) is 28.5 Å². The second kappa shape index (κ2) is 7.45. The molecule has 152 valence electrons. The van der Waals surface area contributed by atoms with Crippen molar-refractivity contribution in [3.63, 3.8) is 0 Å². The summed E-state index contributed by atoms with van der Waals surface area (Å²) in [5.74, 6) is 0. The lowest BCUT2D eigenvalue weighted by atomic mass is 9.81. The van der Waals surface area contributed by atoms with Crippen LogP contribution in [0.25, 0.3) is 16.5 Å². The number of rotatable bonds is 4. The maximum atomic E-state index is 12.8. The van der Waals surface area contributed by atoms with E-state index in [0.29, 0.717) is 31.7 Å². The zero-order valence-corrected chi connectivity index (χ0v) is 17.1. The van der Waals surface area contributed by atoms with E-state index < -0.39 is 6.10 Å². The Morgan fingerprint density at radius 2 is 2.17 bits per heavy atom. The number of nitrogens with zero attached hydrogens (tertiary/aromatic N) is 4. The minimum Gasteiger partial charge on any atom is -0.387 e. The summed E-state index contributed by atoms with van der Waals surface area (Å²) < 4.78 is 1.74. The van der Waals surface area contributed by atoms with Gasteiger partial charge in [-0.1, -0.05) is 18.2 Å². The zero-order chi connectivity index (χ0) is 20.7. The number of carbonyl (C=O) groups is 1.